The van der Waals surface area contributed by atoms with Gasteiger partial charge in [-0.1, -0.05) is 30.3 Å². The summed E-state index contributed by atoms with van der Waals surface area (Å²) in [6, 6.07) is 20.5. The summed E-state index contributed by atoms with van der Waals surface area (Å²) >= 11 is 0. The Morgan fingerprint density at radius 1 is 0.955 bits per heavy atom. The number of hydrogen-bond donors (Lipinski definition) is 1. The highest BCUT2D eigenvalue weighted by atomic mass is 19.1. The smallest absolute Gasteiger partial charge is 0.226 e. The Labute approximate surface area is 260 Å². The molecule has 1 N–H and O–H groups in total. The van der Waals surface area contributed by atoms with E-state index in [-0.39, 0.29) is 30.4 Å². The van der Waals surface area contributed by atoms with Crippen LogP contribution in [0.1, 0.15) is 48.3 Å². The number of rotatable bonds is 17. The SMILES string of the molecule is COCCCC(=O)N(C)c1ccc(F)cc1CO[C@H]1CNCC[C@@H]1c1ccc(OCCCOCc2ccccc2OC)cc1. The first-order valence-electron chi connectivity index (χ1n) is 15.3. The number of para-hydroxylation sites is 1. The first kappa shape index (κ1) is 33.4. The Hall–Kier alpha value is -3.50. The molecule has 238 valence electrons. The number of carbonyl (C=O) groups excluding carboxylic acids is 1. The average molecular weight is 609 g/mol. The summed E-state index contributed by atoms with van der Waals surface area (Å²) in [5.41, 5.74) is 3.50. The van der Waals surface area contributed by atoms with Crippen LogP contribution in [-0.4, -0.2) is 66.2 Å². The highest BCUT2D eigenvalue weighted by molar-refractivity contribution is 5.93. The van der Waals surface area contributed by atoms with Gasteiger partial charge in [0, 0.05) is 62.9 Å². The zero-order chi connectivity index (χ0) is 31.1. The van der Waals surface area contributed by atoms with Crippen LogP contribution in [0.15, 0.2) is 66.7 Å². The fourth-order valence-electron chi connectivity index (χ4n) is 5.42. The lowest BCUT2D eigenvalue weighted by Gasteiger charge is -2.33. The number of hydrogen-bond acceptors (Lipinski definition) is 7. The summed E-state index contributed by atoms with van der Waals surface area (Å²) in [6.07, 6.45) is 2.58. The molecule has 9 heteroatoms. The van der Waals surface area contributed by atoms with Gasteiger partial charge in [0.05, 0.1) is 39.6 Å². The average Bonchev–Trinajstić information content (AvgIpc) is 3.05. The molecule has 0 bridgehead atoms. The lowest BCUT2D eigenvalue weighted by Crippen LogP contribution is -2.41. The molecule has 1 aliphatic heterocycles. The van der Waals surface area contributed by atoms with Crippen LogP contribution in [-0.2, 0) is 32.2 Å². The predicted octanol–water partition coefficient (Wildman–Crippen LogP) is 5.87. The molecule has 0 aliphatic carbocycles. The number of nitrogens with zero attached hydrogens (tertiary/aromatic N) is 1. The number of carbonyl (C=O) groups is 1. The van der Waals surface area contributed by atoms with E-state index < -0.39 is 0 Å². The molecular weight excluding hydrogens is 563 g/mol. The molecule has 1 saturated heterocycles. The second-order valence-corrected chi connectivity index (χ2v) is 10.9. The van der Waals surface area contributed by atoms with Crippen molar-refractivity contribution < 1.29 is 32.9 Å². The zero-order valence-electron chi connectivity index (χ0n) is 26.1. The maximum atomic E-state index is 14.2. The minimum atomic E-state index is -0.357. The highest BCUT2D eigenvalue weighted by Gasteiger charge is 2.28. The number of piperidine rings is 1. The largest absolute Gasteiger partial charge is 0.496 e. The molecular formula is C35H45FN2O6. The minimum Gasteiger partial charge on any atom is -0.496 e. The first-order chi connectivity index (χ1) is 21.5. The monoisotopic (exact) mass is 608 g/mol. The van der Waals surface area contributed by atoms with E-state index in [4.69, 9.17) is 23.7 Å². The zero-order valence-corrected chi connectivity index (χ0v) is 26.1. The van der Waals surface area contributed by atoms with Crippen molar-refractivity contribution in [3.63, 3.8) is 0 Å². The van der Waals surface area contributed by atoms with E-state index >= 15 is 0 Å². The Morgan fingerprint density at radius 3 is 2.57 bits per heavy atom. The molecule has 0 unspecified atom stereocenters. The van der Waals surface area contributed by atoms with E-state index in [9.17, 15) is 9.18 Å². The molecule has 3 aromatic rings. The van der Waals surface area contributed by atoms with Crippen LogP contribution in [0.5, 0.6) is 11.5 Å². The number of anilines is 1. The van der Waals surface area contributed by atoms with Crippen molar-refractivity contribution in [1.82, 2.24) is 5.32 Å². The standard InChI is InChI=1S/C35H45FN2O6/c1-38(35(39)10-6-19-40-2)32-16-13-29(36)22-28(32)25-44-34-23-37-18-17-31(34)26-11-14-30(15-12-26)43-21-7-20-42-24-27-8-4-5-9-33(27)41-3/h4-5,8-9,11-16,22,31,34,37H,6-7,10,17-21,23-25H2,1-3H3/t31-,34+/m1/s1. The molecule has 0 saturated carbocycles. The van der Waals surface area contributed by atoms with Crippen molar-refractivity contribution in [3.05, 3.63) is 89.2 Å². The van der Waals surface area contributed by atoms with Crippen molar-refractivity contribution >= 4 is 11.6 Å². The maximum absolute atomic E-state index is 14.2. The van der Waals surface area contributed by atoms with Gasteiger partial charge in [0.1, 0.15) is 17.3 Å². The molecule has 1 aliphatic rings. The van der Waals surface area contributed by atoms with Crippen molar-refractivity contribution in [1.29, 1.82) is 0 Å². The van der Waals surface area contributed by atoms with Crippen molar-refractivity contribution in [3.8, 4) is 11.5 Å². The fraction of sp³-hybridized carbons (Fsp3) is 0.457. The molecule has 1 amide bonds. The number of halogens is 1. The van der Waals surface area contributed by atoms with Gasteiger partial charge in [-0.3, -0.25) is 4.79 Å². The third-order valence-electron chi connectivity index (χ3n) is 7.86. The van der Waals surface area contributed by atoms with Crippen LogP contribution < -0.4 is 19.7 Å². The Kier molecular flexibility index (Phi) is 13.4. The normalized spacial score (nSPS) is 16.5. The number of nitrogens with one attached hydrogen (secondary N) is 1. The molecule has 4 rings (SSSR count). The fourth-order valence-corrected chi connectivity index (χ4v) is 5.42. The Bertz CT molecular complexity index is 1300. The van der Waals surface area contributed by atoms with Gasteiger partial charge in [-0.15, -0.1) is 0 Å². The van der Waals surface area contributed by atoms with Gasteiger partial charge in [-0.2, -0.15) is 0 Å². The van der Waals surface area contributed by atoms with E-state index in [1.807, 2.05) is 36.4 Å². The van der Waals surface area contributed by atoms with Gasteiger partial charge in [0.15, 0.2) is 0 Å². The second kappa shape index (κ2) is 17.7. The number of amides is 1. The molecule has 0 aromatic heterocycles. The molecule has 1 heterocycles. The molecule has 0 spiro atoms. The van der Waals surface area contributed by atoms with E-state index in [1.54, 1.807) is 32.2 Å². The molecule has 0 radical (unpaired) electrons. The lowest BCUT2D eigenvalue weighted by molar-refractivity contribution is -0.118. The topological polar surface area (TPSA) is 78.5 Å². The molecule has 8 nitrogen and oxygen atoms in total. The van der Waals surface area contributed by atoms with Crippen LogP contribution >= 0.6 is 0 Å². The number of benzene rings is 3. The Morgan fingerprint density at radius 2 is 1.77 bits per heavy atom. The summed E-state index contributed by atoms with van der Waals surface area (Å²) < 4.78 is 42.8. The molecule has 3 aromatic carbocycles. The Balaban J connectivity index is 1.27. The van der Waals surface area contributed by atoms with Gasteiger partial charge < -0.3 is 33.9 Å². The van der Waals surface area contributed by atoms with Crippen molar-refractivity contribution in [2.75, 3.05) is 59.1 Å². The summed E-state index contributed by atoms with van der Waals surface area (Å²) in [7, 11) is 4.99. The summed E-state index contributed by atoms with van der Waals surface area (Å²) in [6.45, 7) is 3.95. The molecule has 1 fully saturated rings. The molecule has 44 heavy (non-hydrogen) atoms. The van der Waals surface area contributed by atoms with E-state index in [0.717, 1.165) is 36.4 Å². The summed E-state index contributed by atoms with van der Waals surface area (Å²) in [5.74, 6) is 1.42. The van der Waals surface area contributed by atoms with Crippen LogP contribution in [0.4, 0.5) is 10.1 Å². The summed E-state index contributed by atoms with van der Waals surface area (Å²) in [4.78, 5) is 14.3. The maximum Gasteiger partial charge on any atom is 0.226 e. The van der Waals surface area contributed by atoms with Crippen LogP contribution in [0.2, 0.25) is 0 Å². The van der Waals surface area contributed by atoms with Crippen molar-refractivity contribution in [2.24, 2.45) is 0 Å². The van der Waals surface area contributed by atoms with Gasteiger partial charge in [-0.25, -0.2) is 4.39 Å². The van der Waals surface area contributed by atoms with Gasteiger partial charge in [-0.05, 0) is 61.3 Å². The first-order valence-corrected chi connectivity index (χ1v) is 15.3. The van der Waals surface area contributed by atoms with Crippen LogP contribution in [0.3, 0.4) is 0 Å². The molecule has 2 atom stereocenters. The minimum absolute atomic E-state index is 0.0465. The quantitative estimate of drug-likeness (QED) is 0.192. The van der Waals surface area contributed by atoms with Crippen LogP contribution in [0, 0.1) is 5.82 Å². The van der Waals surface area contributed by atoms with Gasteiger partial charge in [0.2, 0.25) is 5.91 Å². The van der Waals surface area contributed by atoms with E-state index in [2.05, 4.69) is 17.4 Å². The number of methoxy groups -OCH3 is 2. The van der Waals surface area contributed by atoms with Crippen LogP contribution in [0.25, 0.3) is 0 Å². The lowest BCUT2D eigenvalue weighted by atomic mass is 9.87. The third kappa shape index (κ3) is 9.75. The van der Waals surface area contributed by atoms with E-state index in [1.165, 1.54) is 17.7 Å². The van der Waals surface area contributed by atoms with Crippen molar-refractivity contribution in [2.45, 2.75) is 50.9 Å². The van der Waals surface area contributed by atoms with E-state index in [0.29, 0.717) is 57.1 Å². The predicted molar refractivity (Wildman–Crippen MR) is 169 cm³/mol. The van der Waals surface area contributed by atoms with Gasteiger partial charge in [0.25, 0.3) is 0 Å². The second-order valence-electron chi connectivity index (χ2n) is 10.9. The van der Waals surface area contributed by atoms with Gasteiger partial charge >= 0.3 is 0 Å². The number of ether oxygens (including phenoxy) is 5. The highest BCUT2D eigenvalue weighted by Crippen LogP contribution is 2.31. The third-order valence-corrected chi connectivity index (χ3v) is 7.86. The summed E-state index contributed by atoms with van der Waals surface area (Å²) in [5, 5.41) is 3.42.